The summed E-state index contributed by atoms with van der Waals surface area (Å²) in [6.07, 6.45) is -6.89. The molecule has 0 aromatic heterocycles. The fourth-order valence-electron chi connectivity index (χ4n) is 1.88. The first-order valence-corrected chi connectivity index (χ1v) is 8.92. The van der Waals surface area contributed by atoms with Crippen LogP contribution in [0.2, 0.25) is 0 Å². The molecule has 0 aliphatic carbocycles. The first-order valence-electron chi connectivity index (χ1n) is 6.91. The van der Waals surface area contributed by atoms with Crippen LogP contribution >= 0.6 is 36.6 Å². The molecule has 5 atom stereocenters. The van der Waals surface area contributed by atoms with E-state index in [2.05, 4.69) is 12.6 Å². The second-order valence-electron chi connectivity index (χ2n) is 4.91. The van der Waals surface area contributed by atoms with Crippen molar-refractivity contribution in [3.05, 3.63) is 0 Å². The van der Waals surface area contributed by atoms with E-state index in [1.807, 2.05) is 0 Å². The molecule has 5 unspecified atom stereocenters. The third kappa shape index (κ3) is 7.80. The maximum Gasteiger partial charge on any atom is 0.326 e. The second kappa shape index (κ2) is 12.2. The van der Waals surface area contributed by atoms with Gasteiger partial charge in [0.15, 0.2) is 0 Å². The van der Waals surface area contributed by atoms with E-state index in [1.165, 1.54) is 0 Å². The van der Waals surface area contributed by atoms with E-state index in [0.717, 1.165) is 16.7 Å². The smallest absolute Gasteiger partial charge is 0.326 e. The number of thiocarbonyl (C=S) groups is 1. The van der Waals surface area contributed by atoms with Gasteiger partial charge in [0.1, 0.15) is 34.8 Å². The van der Waals surface area contributed by atoms with E-state index in [9.17, 15) is 30.3 Å². The molecule has 0 fully saturated rings. The molecule has 0 spiro atoms. The highest BCUT2D eigenvalue weighted by molar-refractivity contribution is 8.10. The lowest BCUT2D eigenvalue weighted by Crippen LogP contribution is -2.53. The highest BCUT2D eigenvalue weighted by Crippen LogP contribution is 2.15. The number of carbonyl (C=O) groups is 1. The molecule has 0 aliphatic heterocycles. The molecule has 7 N–H and O–H groups in total. The van der Waals surface area contributed by atoms with E-state index in [4.69, 9.17) is 22.4 Å². The quantitative estimate of drug-likeness (QED) is 0.0747. The standard InChI is InChI=1S/C12H23NO8S3/c14-4-8(17)10(19)9(18)7(16)3-13(12(22)23)6(11(20)21)1-2-24-5-15/h6-10,14-19H,1-5H2,(H,20,21)(H,22,23). The summed E-state index contributed by atoms with van der Waals surface area (Å²) in [4.78, 5) is 12.5. The maximum absolute atomic E-state index is 11.4. The molecule has 0 bridgehead atoms. The summed E-state index contributed by atoms with van der Waals surface area (Å²) in [5.74, 6) is -1.10. The van der Waals surface area contributed by atoms with Crippen molar-refractivity contribution in [1.29, 1.82) is 0 Å². The molecule has 0 rings (SSSR count). The first-order chi connectivity index (χ1) is 11.2. The van der Waals surface area contributed by atoms with E-state index < -0.39 is 49.6 Å². The van der Waals surface area contributed by atoms with Gasteiger partial charge >= 0.3 is 5.97 Å². The van der Waals surface area contributed by atoms with E-state index in [0.29, 0.717) is 5.75 Å². The Labute approximate surface area is 154 Å². The minimum absolute atomic E-state index is 0.0892. The van der Waals surface area contributed by atoms with Gasteiger partial charge < -0.3 is 40.6 Å². The maximum atomic E-state index is 11.4. The van der Waals surface area contributed by atoms with Crippen LogP contribution in [0.4, 0.5) is 0 Å². The number of nitrogens with zero attached hydrogens (tertiary/aromatic N) is 1. The summed E-state index contributed by atoms with van der Waals surface area (Å²) in [7, 11) is 0. The summed E-state index contributed by atoms with van der Waals surface area (Å²) in [5.41, 5.74) is 0. The van der Waals surface area contributed by atoms with Crippen LogP contribution in [0.5, 0.6) is 0 Å². The van der Waals surface area contributed by atoms with Gasteiger partial charge in [-0.1, -0.05) is 12.2 Å². The summed E-state index contributed by atoms with van der Waals surface area (Å²) in [6, 6.07) is -1.16. The van der Waals surface area contributed by atoms with Crippen molar-refractivity contribution in [2.24, 2.45) is 0 Å². The highest BCUT2D eigenvalue weighted by Gasteiger charge is 2.34. The van der Waals surface area contributed by atoms with Gasteiger partial charge in [0, 0.05) is 6.54 Å². The molecule has 0 aromatic carbocycles. The summed E-state index contributed by atoms with van der Waals surface area (Å²) >= 11 is 9.89. The van der Waals surface area contributed by atoms with E-state index in [-0.39, 0.29) is 16.7 Å². The predicted molar refractivity (Wildman–Crippen MR) is 95.0 cm³/mol. The van der Waals surface area contributed by atoms with Crippen molar-refractivity contribution in [2.45, 2.75) is 36.9 Å². The summed E-state index contributed by atoms with van der Waals surface area (Å²) in [5, 5.41) is 65.4. The number of hydrogen-bond donors (Lipinski definition) is 8. The van der Waals surface area contributed by atoms with Crippen LogP contribution in [0.1, 0.15) is 6.42 Å². The molecular weight excluding hydrogens is 382 g/mol. The number of aliphatic hydroxyl groups is 6. The van der Waals surface area contributed by atoms with Gasteiger partial charge in [-0.2, -0.15) is 0 Å². The molecule has 0 aliphatic rings. The van der Waals surface area contributed by atoms with Gasteiger partial charge in [-0.05, 0) is 12.2 Å². The largest absolute Gasteiger partial charge is 0.480 e. The molecule has 0 saturated carbocycles. The topological polar surface area (TPSA) is 162 Å². The van der Waals surface area contributed by atoms with Crippen LogP contribution in [0, 0.1) is 0 Å². The molecule has 0 heterocycles. The lowest BCUT2D eigenvalue weighted by molar-refractivity contribution is -0.143. The third-order valence-corrected chi connectivity index (χ3v) is 4.44. The minimum atomic E-state index is -1.83. The normalized spacial score (nSPS) is 17.6. The van der Waals surface area contributed by atoms with Crippen molar-refractivity contribution < 1.29 is 40.5 Å². The molecule has 0 aromatic rings. The number of carboxylic acid groups (broad SMARTS) is 1. The van der Waals surface area contributed by atoms with Gasteiger partial charge in [-0.25, -0.2) is 4.79 Å². The third-order valence-electron chi connectivity index (χ3n) is 3.24. The molecule has 12 heteroatoms. The Kier molecular flexibility index (Phi) is 12.1. The number of thioether (sulfide) groups is 1. The number of aliphatic hydroxyl groups excluding tert-OH is 6. The Bertz CT molecular complexity index is 402. The van der Waals surface area contributed by atoms with Crippen LogP contribution < -0.4 is 0 Å². The Hall–Kier alpha value is -0.180. The monoisotopic (exact) mass is 405 g/mol. The lowest BCUT2D eigenvalue weighted by atomic mass is 10.0. The average Bonchev–Trinajstić information content (AvgIpc) is 2.54. The van der Waals surface area contributed by atoms with E-state index >= 15 is 0 Å². The fraction of sp³-hybridized carbons (Fsp3) is 0.833. The zero-order chi connectivity index (χ0) is 18.9. The number of rotatable bonds is 12. The van der Waals surface area contributed by atoms with Gasteiger partial charge in [0.05, 0.1) is 12.5 Å². The van der Waals surface area contributed by atoms with Crippen LogP contribution in [0.15, 0.2) is 0 Å². The molecule has 142 valence electrons. The van der Waals surface area contributed by atoms with Crippen molar-refractivity contribution in [3.8, 4) is 0 Å². The van der Waals surface area contributed by atoms with Crippen molar-refractivity contribution in [1.82, 2.24) is 4.90 Å². The zero-order valence-electron chi connectivity index (χ0n) is 12.7. The number of thiol groups is 1. The van der Waals surface area contributed by atoms with Crippen LogP contribution in [0.3, 0.4) is 0 Å². The van der Waals surface area contributed by atoms with Gasteiger partial charge in [-0.3, -0.25) is 0 Å². The molecule has 0 saturated heterocycles. The van der Waals surface area contributed by atoms with Crippen LogP contribution in [-0.4, -0.2) is 106 Å². The molecule has 0 amide bonds. The molecule has 9 nitrogen and oxygen atoms in total. The lowest BCUT2D eigenvalue weighted by Gasteiger charge is -2.34. The van der Waals surface area contributed by atoms with Gasteiger partial charge in [-0.15, -0.1) is 24.4 Å². The zero-order valence-corrected chi connectivity index (χ0v) is 15.2. The van der Waals surface area contributed by atoms with Gasteiger partial charge in [0.2, 0.25) is 0 Å². The summed E-state index contributed by atoms with van der Waals surface area (Å²) in [6.45, 7) is -1.28. The van der Waals surface area contributed by atoms with Crippen LogP contribution in [0.25, 0.3) is 0 Å². The SMILES string of the molecule is O=C(O)C(CCSCO)N(CC(O)C(O)C(O)C(O)CO)C(=S)S. The molecular formula is C12H23NO8S3. The average molecular weight is 406 g/mol. The predicted octanol–water partition coefficient (Wildman–Crippen LogP) is -2.53. The second-order valence-corrected chi connectivity index (χ2v) is 7.10. The Morgan fingerprint density at radius 2 is 1.67 bits per heavy atom. The summed E-state index contributed by atoms with van der Waals surface area (Å²) < 4.78 is -0.139. The molecule has 24 heavy (non-hydrogen) atoms. The number of carboxylic acids is 1. The van der Waals surface area contributed by atoms with E-state index in [1.54, 1.807) is 0 Å². The minimum Gasteiger partial charge on any atom is -0.480 e. The van der Waals surface area contributed by atoms with Crippen molar-refractivity contribution in [3.63, 3.8) is 0 Å². The first kappa shape index (κ1) is 23.8. The fourth-order valence-corrected chi connectivity index (χ4v) is 2.83. The highest BCUT2D eigenvalue weighted by atomic mass is 32.2. The Morgan fingerprint density at radius 3 is 2.08 bits per heavy atom. The van der Waals surface area contributed by atoms with Gasteiger partial charge in [0.25, 0.3) is 0 Å². The molecule has 0 radical (unpaired) electrons. The Morgan fingerprint density at radius 1 is 1.12 bits per heavy atom. The number of aliphatic carboxylic acids is 1. The number of hydrogen-bond acceptors (Lipinski definition) is 9. The van der Waals surface area contributed by atoms with Crippen molar-refractivity contribution >= 4 is 46.9 Å². The van der Waals surface area contributed by atoms with Crippen LogP contribution in [-0.2, 0) is 4.79 Å². The Balaban J connectivity index is 5.02. The van der Waals surface area contributed by atoms with Crippen molar-refractivity contribution in [2.75, 3.05) is 24.8 Å².